The number of hydrogen-bond acceptors (Lipinski definition) is 5. The summed E-state index contributed by atoms with van der Waals surface area (Å²) < 4.78 is 31.0. The van der Waals surface area contributed by atoms with Gasteiger partial charge in [0.2, 0.25) is 10.0 Å². The van der Waals surface area contributed by atoms with E-state index in [1.54, 1.807) is 24.3 Å². The van der Waals surface area contributed by atoms with E-state index in [1.807, 2.05) is 0 Å². The van der Waals surface area contributed by atoms with E-state index in [0.29, 0.717) is 10.7 Å². The third-order valence-electron chi connectivity index (χ3n) is 3.10. The fourth-order valence-corrected chi connectivity index (χ4v) is 3.29. The third kappa shape index (κ3) is 6.67. The Morgan fingerprint density at radius 1 is 0.963 bits per heavy atom. The normalized spacial score (nSPS) is 11.1. The van der Waals surface area contributed by atoms with Crippen LogP contribution in [-0.4, -0.2) is 33.4 Å². The molecule has 0 atom stereocenters. The number of sulfonamides is 1. The molecule has 0 aromatic heterocycles. The molecule has 0 spiro atoms. The van der Waals surface area contributed by atoms with Gasteiger partial charge in [-0.3, -0.25) is 9.59 Å². The molecule has 0 heterocycles. The molecule has 2 N–H and O–H groups in total. The second-order valence-electron chi connectivity index (χ2n) is 5.12. The molecule has 0 saturated carbocycles. The van der Waals surface area contributed by atoms with Crippen LogP contribution < -0.4 is 10.0 Å². The van der Waals surface area contributed by atoms with Gasteiger partial charge in [0.15, 0.2) is 6.61 Å². The highest BCUT2D eigenvalue weighted by Crippen LogP contribution is 2.24. The summed E-state index contributed by atoms with van der Waals surface area (Å²) in [5, 5.41) is 3.25. The Balaban J connectivity index is 1.82. The molecule has 144 valence electrons. The van der Waals surface area contributed by atoms with Crippen molar-refractivity contribution in [1.82, 2.24) is 4.72 Å². The van der Waals surface area contributed by atoms with Gasteiger partial charge in [-0.15, -0.1) is 0 Å². The highest BCUT2D eigenvalue weighted by Gasteiger charge is 2.18. The Morgan fingerprint density at radius 2 is 1.63 bits per heavy atom. The fraction of sp³-hybridized carbons (Fsp3) is 0.125. The number of halogens is 3. The average molecular weight is 452 g/mol. The fourth-order valence-electron chi connectivity index (χ4n) is 1.81. The van der Waals surface area contributed by atoms with Gasteiger partial charge in [0.05, 0.1) is 14.9 Å². The lowest BCUT2D eigenvalue weighted by Gasteiger charge is -2.09. The Bertz CT molecular complexity index is 949. The van der Waals surface area contributed by atoms with Crippen LogP contribution in [0.5, 0.6) is 0 Å². The first-order valence-electron chi connectivity index (χ1n) is 7.33. The maximum Gasteiger partial charge on any atom is 0.321 e. The molecule has 2 rings (SSSR count). The highest BCUT2D eigenvalue weighted by atomic mass is 35.5. The van der Waals surface area contributed by atoms with Crippen molar-refractivity contribution in [2.75, 3.05) is 18.5 Å². The molecule has 0 aliphatic rings. The van der Waals surface area contributed by atoms with Gasteiger partial charge >= 0.3 is 5.97 Å². The Hall–Kier alpha value is -1.84. The van der Waals surface area contributed by atoms with Gasteiger partial charge in [-0.05, 0) is 42.5 Å². The van der Waals surface area contributed by atoms with E-state index in [0.717, 1.165) is 6.07 Å². The summed E-state index contributed by atoms with van der Waals surface area (Å²) in [5.74, 6) is -1.51. The van der Waals surface area contributed by atoms with Crippen molar-refractivity contribution in [3.05, 3.63) is 57.5 Å². The molecule has 0 bridgehead atoms. The predicted molar refractivity (Wildman–Crippen MR) is 103 cm³/mol. The number of carbonyl (C=O) groups excluding carboxylic acids is 2. The van der Waals surface area contributed by atoms with Gasteiger partial charge in [-0.1, -0.05) is 34.8 Å². The summed E-state index contributed by atoms with van der Waals surface area (Å²) >= 11 is 17.2. The number of ether oxygens (including phenoxy) is 1. The number of benzene rings is 2. The molecule has 2 aromatic carbocycles. The molecule has 0 radical (unpaired) electrons. The van der Waals surface area contributed by atoms with E-state index in [-0.39, 0.29) is 14.9 Å². The third-order valence-corrected chi connectivity index (χ3v) is 5.49. The quantitative estimate of drug-likeness (QED) is 0.630. The van der Waals surface area contributed by atoms with Crippen LogP contribution in [0.15, 0.2) is 47.4 Å². The molecule has 1 amide bonds. The summed E-state index contributed by atoms with van der Waals surface area (Å²) in [7, 11) is -3.99. The molecular weight excluding hydrogens is 439 g/mol. The van der Waals surface area contributed by atoms with E-state index in [9.17, 15) is 18.0 Å². The molecule has 0 saturated heterocycles. The van der Waals surface area contributed by atoms with Gasteiger partial charge in [-0.2, -0.15) is 4.72 Å². The van der Waals surface area contributed by atoms with E-state index in [1.165, 1.54) is 12.1 Å². The minimum Gasteiger partial charge on any atom is -0.455 e. The number of anilines is 1. The molecule has 0 aliphatic heterocycles. The average Bonchev–Trinajstić information content (AvgIpc) is 2.62. The highest BCUT2D eigenvalue weighted by molar-refractivity contribution is 7.89. The van der Waals surface area contributed by atoms with Gasteiger partial charge in [0, 0.05) is 10.7 Å². The maximum absolute atomic E-state index is 12.1. The van der Waals surface area contributed by atoms with E-state index in [2.05, 4.69) is 10.0 Å². The van der Waals surface area contributed by atoms with Crippen LogP contribution in [0, 0.1) is 0 Å². The number of carbonyl (C=O) groups is 2. The van der Waals surface area contributed by atoms with Crippen molar-refractivity contribution in [2.45, 2.75) is 4.90 Å². The van der Waals surface area contributed by atoms with Crippen LogP contribution >= 0.6 is 34.8 Å². The zero-order valence-corrected chi connectivity index (χ0v) is 16.6. The second kappa shape index (κ2) is 9.38. The number of rotatable bonds is 7. The Labute approximate surface area is 170 Å². The van der Waals surface area contributed by atoms with E-state index in [4.69, 9.17) is 39.5 Å². The van der Waals surface area contributed by atoms with Crippen LogP contribution in [0.2, 0.25) is 15.1 Å². The van der Waals surface area contributed by atoms with Gasteiger partial charge in [0.1, 0.15) is 6.54 Å². The first-order chi connectivity index (χ1) is 12.7. The van der Waals surface area contributed by atoms with E-state index < -0.39 is 35.1 Å². The molecule has 2 aromatic rings. The van der Waals surface area contributed by atoms with Crippen LogP contribution in [0.3, 0.4) is 0 Å². The van der Waals surface area contributed by atoms with E-state index >= 15 is 0 Å². The first kappa shape index (κ1) is 21.5. The molecule has 27 heavy (non-hydrogen) atoms. The van der Waals surface area contributed by atoms with Crippen LogP contribution in [-0.2, 0) is 24.3 Å². The molecule has 0 fully saturated rings. The number of esters is 1. The minimum atomic E-state index is -3.99. The Morgan fingerprint density at radius 3 is 2.26 bits per heavy atom. The molecule has 0 aliphatic carbocycles. The van der Waals surface area contributed by atoms with Crippen LogP contribution in [0.4, 0.5) is 5.69 Å². The molecular formula is C16H13Cl3N2O5S. The monoisotopic (exact) mass is 450 g/mol. The summed E-state index contributed by atoms with van der Waals surface area (Å²) in [6.07, 6.45) is 0. The smallest absolute Gasteiger partial charge is 0.321 e. The molecule has 0 unspecified atom stereocenters. The molecule has 11 heteroatoms. The van der Waals surface area contributed by atoms with Crippen molar-refractivity contribution in [2.24, 2.45) is 0 Å². The van der Waals surface area contributed by atoms with Gasteiger partial charge in [0.25, 0.3) is 5.91 Å². The van der Waals surface area contributed by atoms with Crippen molar-refractivity contribution in [3.8, 4) is 0 Å². The number of amides is 1. The number of hydrogen-bond donors (Lipinski definition) is 2. The van der Waals surface area contributed by atoms with Crippen LogP contribution in [0.25, 0.3) is 0 Å². The van der Waals surface area contributed by atoms with Gasteiger partial charge in [-0.25, -0.2) is 8.42 Å². The lowest BCUT2D eigenvalue weighted by molar-refractivity contribution is -0.146. The summed E-state index contributed by atoms with van der Waals surface area (Å²) in [4.78, 5) is 23.2. The zero-order valence-electron chi connectivity index (χ0n) is 13.5. The number of nitrogens with one attached hydrogen (secondary N) is 2. The molecule has 7 nitrogen and oxygen atoms in total. The van der Waals surface area contributed by atoms with Crippen molar-refractivity contribution in [3.63, 3.8) is 0 Å². The first-order valence-corrected chi connectivity index (χ1v) is 9.95. The topological polar surface area (TPSA) is 102 Å². The van der Waals surface area contributed by atoms with Crippen molar-refractivity contribution in [1.29, 1.82) is 0 Å². The second-order valence-corrected chi connectivity index (χ2v) is 8.13. The predicted octanol–water partition coefficient (Wildman–Crippen LogP) is 3.11. The largest absolute Gasteiger partial charge is 0.455 e. The maximum atomic E-state index is 12.1. The summed E-state index contributed by atoms with van der Waals surface area (Å²) in [6.45, 7) is -1.23. The lowest BCUT2D eigenvalue weighted by atomic mass is 10.3. The van der Waals surface area contributed by atoms with Crippen LogP contribution in [0.1, 0.15) is 0 Å². The van der Waals surface area contributed by atoms with Crippen molar-refractivity contribution < 1.29 is 22.7 Å². The minimum absolute atomic E-state index is 0.0565. The zero-order chi connectivity index (χ0) is 20.0. The Kier molecular flexibility index (Phi) is 7.46. The summed E-state index contributed by atoms with van der Waals surface area (Å²) in [6, 6.07) is 10.0. The standard InChI is InChI=1S/C16H13Cl3N2O5S/c17-10-1-3-11(4-2-10)21-15(22)9-26-16(23)8-20-27(24,25)12-5-6-13(18)14(19)7-12/h1-7,20H,8-9H2,(H,21,22). The lowest BCUT2D eigenvalue weighted by Crippen LogP contribution is -2.32. The van der Waals surface area contributed by atoms with Crippen molar-refractivity contribution >= 4 is 62.4 Å². The summed E-state index contributed by atoms with van der Waals surface area (Å²) in [5.41, 5.74) is 0.473. The van der Waals surface area contributed by atoms with Gasteiger partial charge < -0.3 is 10.1 Å². The SMILES string of the molecule is O=C(COC(=O)CNS(=O)(=O)c1ccc(Cl)c(Cl)c1)Nc1ccc(Cl)cc1.